The van der Waals surface area contributed by atoms with Crippen molar-refractivity contribution in [3.63, 3.8) is 0 Å². The zero-order valence-corrected chi connectivity index (χ0v) is 16.3. The van der Waals surface area contributed by atoms with Crippen LogP contribution in [0.4, 0.5) is 11.4 Å². The molecule has 1 aliphatic heterocycles. The molecule has 0 unspecified atom stereocenters. The lowest BCUT2D eigenvalue weighted by molar-refractivity contribution is -0.115. The van der Waals surface area contributed by atoms with Crippen molar-refractivity contribution in [2.75, 3.05) is 30.4 Å². The van der Waals surface area contributed by atoms with E-state index in [2.05, 4.69) is 16.0 Å². The van der Waals surface area contributed by atoms with E-state index in [0.29, 0.717) is 48.9 Å². The second-order valence-corrected chi connectivity index (χ2v) is 6.65. The second-order valence-electron chi connectivity index (χ2n) is 6.65. The number of carbonyl (C=O) groups excluding carboxylic acids is 3. The molecule has 29 heavy (non-hydrogen) atoms. The van der Waals surface area contributed by atoms with E-state index < -0.39 is 0 Å². The van der Waals surface area contributed by atoms with Gasteiger partial charge >= 0.3 is 0 Å². The number of benzene rings is 2. The average molecular weight is 397 g/mol. The summed E-state index contributed by atoms with van der Waals surface area (Å²) >= 11 is 0. The largest absolute Gasteiger partial charge is 0.486 e. The Kier molecular flexibility index (Phi) is 6.33. The molecule has 0 radical (unpaired) electrons. The molecule has 0 aliphatic carbocycles. The van der Waals surface area contributed by atoms with Gasteiger partial charge in [-0.2, -0.15) is 0 Å². The number of hydrogen-bond acceptors (Lipinski definition) is 5. The van der Waals surface area contributed by atoms with Gasteiger partial charge in [-0.25, -0.2) is 0 Å². The lowest BCUT2D eigenvalue weighted by Crippen LogP contribution is -2.26. The number of rotatable bonds is 6. The molecular weight excluding hydrogens is 374 g/mol. The first kappa shape index (κ1) is 20.2. The number of anilines is 2. The molecule has 0 saturated carbocycles. The van der Waals surface area contributed by atoms with Crippen molar-refractivity contribution in [2.24, 2.45) is 0 Å². The number of nitrogens with one attached hydrogen (secondary N) is 3. The minimum atomic E-state index is -0.304. The number of hydrogen-bond donors (Lipinski definition) is 3. The summed E-state index contributed by atoms with van der Waals surface area (Å²) in [6, 6.07) is 10.4. The highest BCUT2D eigenvalue weighted by molar-refractivity contribution is 5.99. The zero-order valence-electron chi connectivity index (χ0n) is 16.3. The van der Waals surface area contributed by atoms with Crippen molar-refractivity contribution < 1.29 is 23.9 Å². The van der Waals surface area contributed by atoms with E-state index in [4.69, 9.17) is 9.47 Å². The van der Waals surface area contributed by atoms with E-state index in [1.54, 1.807) is 18.2 Å². The lowest BCUT2D eigenvalue weighted by Gasteiger charge is -2.19. The Morgan fingerprint density at radius 2 is 1.48 bits per heavy atom. The Morgan fingerprint density at radius 1 is 0.862 bits per heavy atom. The molecule has 0 spiro atoms. The highest BCUT2D eigenvalue weighted by atomic mass is 16.6. The standard InChI is InChI=1S/C21H23N3O5/c1-13(25)23-17-10-16(11-18(12-17)24-14(2)26)21(27)22-6-5-15-3-4-19-20(9-15)29-8-7-28-19/h3-4,9-12H,5-8H2,1-2H3,(H,22,27)(H,23,25)(H,24,26). The van der Waals surface area contributed by atoms with Gasteiger partial charge in [-0.1, -0.05) is 6.07 Å². The van der Waals surface area contributed by atoms with Gasteiger partial charge in [0.15, 0.2) is 11.5 Å². The highest BCUT2D eigenvalue weighted by Crippen LogP contribution is 2.30. The Hall–Kier alpha value is -3.55. The third kappa shape index (κ3) is 5.71. The zero-order chi connectivity index (χ0) is 20.8. The van der Waals surface area contributed by atoms with Crippen LogP contribution in [0.25, 0.3) is 0 Å². The lowest BCUT2D eigenvalue weighted by atomic mass is 10.1. The van der Waals surface area contributed by atoms with Crippen LogP contribution >= 0.6 is 0 Å². The maximum atomic E-state index is 12.6. The van der Waals surface area contributed by atoms with Crippen molar-refractivity contribution in [3.05, 3.63) is 47.5 Å². The first-order valence-corrected chi connectivity index (χ1v) is 9.28. The Bertz CT molecular complexity index is 908. The van der Waals surface area contributed by atoms with E-state index in [1.165, 1.54) is 13.8 Å². The molecule has 0 atom stereocenters. The minimum absolute atomic E-state index is 0.269. The molecule has 0 aromatic heterocycles. The van der Waals surface area contributed by atoms with Crippen molar-refractivity contribution >= 4 is 29.1 Å². The maximum absolute atomic E-state index is 12.6. The first-order chi connectivity index (χ1) is 13.9. The van der Waals surface area contributed by atoms with Crippen molar-refractivity contribution in [3.8, 4) is 11.5 Å². The van der Waals surface area contributed by atoms with Gasteiger partial charge in [-0.05, 0) is 42.3 Å². The molecule has 1 aliphatic rings. The van der Waals surface area contributed by atoms with Crippen LogP contribution in [-0.4, -0.2) is 37.5 Å². The van der Waals surface area contributed by atoms with Gasteiger partial charge in [0.25, 0.3) is 5.91 Å². The van der Waals surface area contributed by atoms with E-state index in [1.807, 2.05) is 18.2 Å². The van der Waals surface area contributed by atoms with Crippen molar-refractivity contribution in [1.82, 2.24) is 5.32 Å². The van der Waals surface area contributed by atoms with Crippen LogP contribution in [0.3, 0.4) is 0 Å². The summed E-state index contributed by atoms with van der Waals surface area (Å²) in [4.78, 5) is 35.2. The van der Waals surface area contributed by atoms with Crippen molar-refractivity contribution in [2.45, 2.75) is 20.3 Å². The van der Waals surface area contributed by atoms with Crippen LogP contribution in [0.5, 0.6) is 11.5 Å². The van der Waals surface area contributed by atoms with Gasteiger partial charge in [-0.3, -0.25) is 14.4 Å². The molecule has 2 aromatic carbocycles. The molecule has 3 N–H and O–H groups in total. The molecule has 8 nitrogen and oxygen atoms in total. The molecule has 2 aromatic rings. The van der Waals surface area contributed by atoms with Gasteiger partial charge in [0.05, 0.1) is 0 Å². The van der Waals surface area contributed by atoms with Gasteiger partial charge in [0.2, 0.25) is 11.8 Å². The van der Waals surface area contributed by atoms with Crippen LogP contribution in [0.2, 0.25) is 0 Å². The fourth-order valence-corrected chi connectivity index (χ4v) is 2.98. The molecule has 0 fully saturated rings. The third-order valence-electron chi connectivity index (χ3n) is 4.14. The van der Waals surface area contributed by atoms with Crippen LogP contribution in [0.1, 0.15) is 29.8 Å². The summed E-state index contributed by atoms with van der Waals surface area (Å²) in [5.41, 5.74) is 2.21. The van der Waals surface area contributed by atoms with E-state index >= 15 is 0 Å². The number of carbonyl (C=O) groups is 3. The van der Waals surface area contributed by atoms with E-state index in [-0.39, 0.29) is 17.7 Å². The molecule has 0 saturated heterocycles. The monoisotopic (exact) mass is 397 g/mol. The van der Waals surface area contributed by atoms with Gasteiger partial charge in [0, 0.05) is 37.3 Å². The smallest absolute Gasteiger partial charge is 0.251 e. The Labute approximate surface area is 168 Å². The summed E-state index contributed by atoms with van der Waals surface area (Å²) in [5, 5.41) is 8.11. The topological polar surface area (TPSA) is 106 Å². The second kappa shape index (κ2) is 9.09. The molecule has 0 bridgehead atoms. The number of fused-ring (bicyclic) bond motifs is 1. The Balaban J connectivity index is 1.64. The molecule has 8 heteroatoms. The minimum Gasteiger partial charge on any atom is -0.486 e. The number of amides is 3. The van der Waals surface area contributed by atoms with E-state index in [0.717, 1.165) is 11.3 Å². The summed E-state index contributed by atoms with van der Waals surface area (Å²) in [5.74, 6) is 0.596. The van der Waals surface area contributed by atoms with Crippen LogP contribution < -0.4 is 25.4 Å². The quantitative estimate of drug-likeness (QED) is 0.694. The van der Waals surface area contributed by atoms with Crippen LogP contribution in [0.15, 0.2) is 36.4 Å². The summed E-state index contributed by atoms with van der Waals surface area (Å²) < 4.78 is 11.1. The molecule has 3 rings (SSSR count). The third-order valence-corrected chi connectivity index (χ3v) is 4.14. The predicted molar refractivity (Wildman–Crippen MR) is 109 cm³/mol. The van der Waals surface area contributed by atoms with E-state index in [9.17, 15) is 14.4 Å². The van der Waals surface area contributed by atoms with Crippen LogP contribution in [0, 0.1) is 0 Å². The summed E-state index contributed by atoms with van der Waals surface area (Å²) in [6.45, 7) is 4.23. The fraction of sp³-hybridized carbons (Fsp3) is 0.286. The molecule has 3 amide bonds. The van der Waals surface area contributed by atoms with Gasteiger partial charge in [-0.15, -0.1) is 0 Å². The average Bonchev–Trinajstić information content (AvgIpc) is 2.66. The SMILES string of the molecule is CC(=O)Nc1cc(NC(C)=O)cc(C(=O)NCCc2ccc3c(c2)OCCO3)c1. The first-order valence-electron chi connectivity index (χ1n) is 9.28. The maximum Gasteiger partial charge on any atom is 0.251 e. The summed E-state index contributed by atoms with van der Waals surface area (Å²) in [6.07, 6.45) is 0.617. The van der Waals surface area contributed by atoms with Crippen LogP contribution in [-0.2, 0) is 16.0 Å². The molecular formula is C21H23N3O5. The summed E-state index contributed by atoms with van der Waals surface area (Å²) in [7, 11) is 0. The Morgan fingerprint density at radius 3 is 2.10 bits per heavy atom. The molecule has 1 heterocycles. The predicted octanol–water partition coefficient (Wildman–Crippen LogP) is 2.35. The normalized spacial score (nSPS) is 12.1. The van der Waals surface area contributed by atoms with Gasteiger partial charge < -0.3 is 25.4 Å². The number of ether oxygens (including phenoxy) is 2. The van der Waals surface area contributed by atoms with Crippen molar-refractivity contribution in [1.29, 1.82) is 0 Å². The highest BCUT2D eigenvalue weighted by Gasteiger charge is 2.13. The fourth-order valence-electron chi connectivity index (χ4n) is 2.98. The van der Waals surface area contributed by atoms with Gasteiger partial charge in [0.1, 0.15) is 13.2 Å². The molecule has 152 valence electrons.